The van der Waals surface area contributed by atoms with Crippen molar-refractivity contribution in [2.24, 2.45) is 0 Å². The van der Waals surface area contributed by atoms with E-state index in [9.17, 15) is 4.79 Å². The van der Waals surface area contributed by atoms with Gasteiger partial charge in [-0.3, -0.25) is 4.79 Å². The molecule has 0 saturated heterocycles. The number of carbonyl (C=O) groups is 1. The second kappa shape index (κ2) is 7.33. The molecule has 78 valence electrons. The highest BCUT2D eigenvalue weighted by Crippen LogP contribution is 2.09. The Morgan fingerprint density at radius 2 is 2.23 bits per heavy atom. The predicted molar refractivity (Wildman–Crippen MR) is 56.9 cm³/mol. The lowest BCUT2D eigenvalue weighted by Crippen LogP contribution is -2.35. The first kappa shape index (κ1) is 12.9. The molecule has 2 atom stereocenters. The summed E-state index contributed by atoms with van der Waals surface area (Å²) in [6, 6.07) is 0. The van der Waals surface area contributed by atoms with E-state index in [4.69, 9.17) is 5.11 Å². The molecule has 2 unspecified atom stereocenters. The highest BCUT2D eigenvalue weighted by molar-refractivity contribution is 9.10. The van der Waals surface area contributed by atoms with Gasteiger partial charge in [0.15, 0.2) is 0 Å². The minimum Gasteiger partial charge on any atom is -0.392 e. The van der Waals surface area contributed by atoms with Crippen LogP contribution in [0.2, 0.25) is 0 Å². The second-order valence-electron chi connectivity index (χ2n) is 3.20. The third-order valence-electron chi connectivity index (χ3n) is 1.67. The van der Waals surface area contributed by atoms with Gasteiger partial charge in [-0.15, -0.1) is 0 Å². The van der Waals surface area contributed by atoms with E-state index >= 15 is 0 Å². The zero-order valence-electron chi connectivity index (χ0n) is 8.22. The summed E-state index contributed by atoms with van der Waals surface area (Å²) in [6.07, 6.45) is 2.50. The largest absolute Gasteiger partial charge is 0.392 e. The van der Waals surface area contributed by atoms with Crippen LogP contribution in [0.15, 0.2) is 0 Å². The number of halogens is 1. The normalized spacial score (nSPS) is 15.1. The monoisotopic (exact) mass is 251 g/mol. The first-order chi connectivity index (χ1) is 6.07. The van der Waals surface area contributed by atoms with Crippen LogP contribution in [0.25, 0.3) is 0 Å². The number of hydrogen-bond acceptors (Lipinski definition) is 2. The molecule has 0 aromatic rings. The van der Waals surface area contributed by atoms with E-state index in [0.717, 1.165) is 19.3 Å². The van der Waals surface area contributed by atoms with Gasteiger partial charge < -0.3 is 10.4 Å². The fraction of sp³-hybridized carbons (Fsp3) is 0.889. The van der Waals surface area contributed by atoms with E-state index in [-0.39, 0.29) is 10.7 Å². The molecule has 0 rings (SSSR count). The smallest absolute Gasteiger partial charge is 0.233 e. The fourth-order valence-corrected chi connectivity index (χ4v) is 1.36. The maximum absolute atomic E-state index is 11.3. The highest BCUT2D eigenvalue weighted by atomic mass is 79.9. The van der Waals surface area contributed by atoms with Gasteiger partial charge in [-0.05, 0) is 13.3 Å². The molecule has 0 aromatic carbocycles. The number of rotatable bonds is 6. The molecule has 0 aromatic heterocycles. The van der Waals surface area contributed by atoms with E-state index < -0.39 is 6.10 Å². The predicted octanol–water partition coefficient (Wildman–Crippen LogP) is 1.44. The zero-order valence-corrected chi connectivity index (χ0v) is 9.80. The Labute approximate surface area is 88.0 Å². The molecule has 0 heterocycles. The number of amides is 1. The molecule has 13 heavy (non-hydrogen) atoms. The van der Waals surface area contributed by atoms with Gasteiger partial charge in [-0.25, -0.2) is 0 Å². The molecule has 0 aliphatic rings. The highest BCUT2D eigenvalue weighted by Gasteiger charge is 2.13. The van der Waals surface area contributed by atoms with Gasteiger partial charge in [0.05, 0.1) is 10.9 Å². The number of nitrogens with one attached hydrogen (secondary N) is 1. The molecule has 0 fully saturated rings. The summed E-state index contributed by atoms with van der Waals surface area (Å²) in [6.45, 7) is 4.07. The molecule has 0 aliphatic carbocycles. The summed E-state index contributed by atoms with van der Waals surface area (Å²) < 4.78 is 0. The van der Waals surface area contributed by atoms with Crippen LogP contribution in [-0.4, -0.2) is 28.5 Å². The Morgan fingerprint density at radius 3 is 2.69 bits per heavy atom. The molecule has 0 spiro atoms. The van der Waals surface area contributed by atoms with E-state index in [1.807, 2.05) is 0 Å². The maximum Gasteiger partial charge on any atom is 0.233 e. The Bertz CT molecular complexity index is 151. The first-order valence-electron chi connectivity index (χ1n) is 4.67. The van der Waals surface area contributed by atoms with Crippen LogP contribution >= 0.6 is 15.9 Å². The zero-order chi connectivity index (χ0) is 10.3. The van der Waals surface area contributed by atoms with E-state index in [2.05, 4.69) is 28.2 Å². The van der Waals surface area contributed by atoms with Gasteiger partial charge in [-0.1, -0.05) is 35.7 Å². The summed E-state index contributed by atoms with van der Waals surface area (Å²) >= 11 is 3.30. The minimum absolute atomic E-state index is 0.0330. The van der Waals surface area contributed by atoms with Gasteiger partial charge in [0.2, 0.25) is 5.91 Å². The van der Waals surface area contributed by atoms with Crippen molar-refractivity contribution < 1.29 is 9.90 Å². The van der Waals surface area contributed by atoms with Crippen molar-refractivity contribution in [3.05, 3.63) is 0 Å². The van der Waals surface area contributed by atoms with Crippen molar-refractivity contribution in [2.75, 3.05) is 6.54 Å². The van der Waals surface area contributed by atoms with Crippen molar-refractivity contribution in [3.8, 4) is 0 Å². The van der Waals surface area contributed by atoms with Crippen molar-refractivity contribution in [1.82, 2.24) is 5.32 Å². The second-order valence-corrected chi connectivity index (χ2v) is 4.31. The molecule has 0 bridgehead atoms. The van der Waals surface area contributed by atoms with Crippen LogP contribution < -0.4 is 5.32 Å². The molecule has 0 saturated carbocycles. The Hall–Kier alpha value is -0.0900. The summed E-state index contributed by atoms with van der Waals surface area (Å²) in [5, 5.41) is 11.6. The minimum atomic E-state index is -0.477. The molecule has 2 N–H and O–H groups in total. The number of unbranched alkanes of at least 4 members (excludes halogenated alkanes) is 1. The Kier molecular flexibility index (Phi) is 7.28. The maximum atomic E-state index is 11.3. The molecule has 3 nitrogen and oxygen atoms in total. The lowest BCUT2D eigenvalue weighted by Gasteiger charge is -2.11. The van der Waals surface area contributed by atoms with Crippen molar-refractivity contribution >= 4 is 21.8 Å². The van der Waals surface area contributed by atoms with Crippen LogP contribution in [0, 0.1) is 0 Å². The molecular formula is C9H18BrNO2. The fourth-order valence-electron chi connectivity index (χ4n) is 0.873. The third kappa shape index (κ3) is 7.02. The van der Waals surface area contributed by atoms with E-state index in [1.54, 1.807) is 6.92 Å². The number of hydrogen-bond donors (Lipinski definition) is 2. The van der Waals surface area contributed by atoms with Crippen LogP contribution in [0.5, 0.6) is 0 Å². The number of alkyl halides is 1. The third-order valence-corrected chi connectivity index (χ3v) is 2.54. The van der Waals surface area contributed by atoms with Crippen molar-refractivity contribution in [3.63, 3.8) is 0 Å². The topological polar surface area (TPSA) is 49.3 Å². The van der Waals surface area contributed by atoms with Crippen LogP contribution in [0.3, 0.4) is 0 Å². The standard InChI is InChI=1S/C9H18BrNO2/c1-3-4-5-8(10)9(13)11-6-7(2)12/h7-8,12H,3-6H2,1-2H3,(H,11,13). The van der Waals surface area contributed by atoms with Crippen molar-refractivity contribution in [1.29, 1.82) is 0 Å². The number of aliphatic hydroxyl groups excluding tert-OH is 1. The summed E-state index contributed by atoms with van der Waals surface area (Å²) in [7, 11) is 0. The number of carbonyl (C=O) groups excluding carboxylic acids is 1. The molecule has 0 aliphatic heterocycles. The lowest BCUT2D eigenvalue weighted by atomic mass is 10.2. The van der Waals surface area contributed by atoms with E-state index in [1.165, 1.54) is 0 Å². The van der Waals surface area contributed by atoms with Gasteiger partial charge in [-0.2, -0.15) is 0 Å². The SMILES string of the molecule is CCCCC(Br)C(=O)NCC(C)O. The molecule has 0 radical (unpaired) electrons. The Balaban J connectivity index is 3.57. The van der Waals surface area contributed by atoms with Crippen molar-refractivity contribution in [2.45, 2.75) is 44.0 Å². The number of aliphatic hydroxyl groups is 1. The molecular weight excluding hydrogens is 234 g/mol. The first-order valence-corrected chi connectivity index (χ1v) is 5.59. The Morgan fingerprint density at radius 1 is 1.62 bits per heavy atom. The van der Waals surface area contributed by atoms with Crippen LogP contribution in [0.1, 0.15) is 33.1 Å². The molecule has 1 amide bonds. The average Bonchev–Trinajstić information content (AvgIpc) is 2.10. The van der Waals surface area contributed by atoms with Gasteiger partial charge in [0, 0.05) is 6.54 Å². The lowest BCUT2D eigenvalue weighted by molar-refractivity contribution is -0.120. The summed E-state index contributed by atoms with van der Waals surface area (Å²) in [5.41, 5.74) is 0. The van der Waals surface area contributed by atoms with Gasteiger partial charge in [0.25, 0.3) is 0 Å². The summed E-state index contributed by atoms with van der Waals surface area (Å²) in [5.74, 6) is -0.0330. The molecule has 4 heteroatoms. The van der Waals surface area contributed by atoms with E-state index in [0.29, 0.717) is 6.54 Å². The van der Waals surface area contributed by atoms with Gasteiger partial charge >= 0.3 is 0 Å². The quantitative estimate of drug-likeness (QED) is 0.703. The summed E-state index contributed by atoms with van der Waals surface area (Å²) in [4.78, 5) is 11.2. The average molecular weight is 252 g/mol. The van der Waals surface area contributed by atoms with Crippen LogP contribution in [0.4, 0.5) is 0 Å². The van der Waals surface area contributed by atoms with Crippen LogP contribution in [-0.2, 0) is 4.79 Å². The van der Waals surface area contributed by atoms with Gasteiger partial charge in [0.1, 0.15) is 0 Å².